The topological polar surface area (TPSA) is 84.5 Å². The minimum atomic E-state index is -3.45. The van der Waals surface area contributed by atoms with Crippen LogP contribution in [0.4, 0.5) is 0 Å². The van der Waals surface area contributed by atoms with Crippen LogP contribution in [0.1, 0.15) is 19.3 Å². The molecule has 1 unspecified atom stereocenters. The standard InChI is InChI=1S/C14H18N2O4S/c17-14-13(7-8-15-14)20-11-3-5-12(6-4-11)21(18,19)16-9-10-1-2-10/h3-6,10,13,16H,1-2,7-9H2,(H,15,17). The number of rotatable bonds is 6. The molecule has 1 saturated carbocycles. The molecule has 2 fully saturated rings. The molecule has 1 aliphatic carbocycles. The van der Waals surface area contributed by atoms with E-state index >= 15 is 0 Å². The van der Waals surface area contributed by atoms with Crippen LogP contribution in [0.2, 0.25) is 0 Å². The normalized spacial score (nSPS) is 22.1. The maximum absolute atomic E-state index is 12.1. The molecule has 0 radical (unpaired) electrons. The largest absolute Gasteiger partial charge is 0.481 e. The first kappa shape index (κ1) is 14.3. The van der Waals surface area contributed by atoms with Crippen molar-refractivity contribution in [3.8, 4) is 5.75 Å². The van der Waals surface area contributed by atoms with Crippen LogP contribution in [0.3, 0.4) is 0 Å². The highest BCUT2D eigenvalue weighted by Crippen LogP contribution is 2.28. The molecule has 1 heterocycles. The van der Waals surface area contributed by atoms with Gasteiger partial charge in [-0.15, -0.1) is 0 Å². The van der Waals surface area contributed by atoms with Crippen molar-refractivity contribution in [2.75, 3.05) is 13.1 Å². The van der Waals surface area contributed by atoms with Gasteiger partial charge in [0, 0.05) is 19.5 Å². The number of sulfonamides is 1. The van der Waals surface area contributed by atoms with Gasteiger partial charge in [0.15, 0.2) is 6.10 Å². The maximum atomic E-state index is 12.1. The number of hydrogen-bond acceptors (Lipinski definition) is 4. The van der Waals surface area contributed by atoms with Crippen LogP contribution in [-0.2, 0) is 14.8 Å². The highest BCUT2D eigenvalue weighted by Gasteiger charge is 2.26. The first-order valence-corrected chi connectivity index (χ1v) is 8.57. The fraction of sp³-hybridized carbons (Fsp3) is 0.500. The van der Waals surface area contributed by atoms with Crippen molar-refractivity contribution in [1.82, 2.24) is 10.0 Å². The molecule has 1 aliphatic heterocycles. The lowest BCUT2D eigenvalue weighted by Gasteiger charge is -2.11. The zero-order valence-corrected chi connectivity index (χ0v) is 12.4. The van der Waals surface area contributed by atoms with Gasteiger partial charge in [-0.1, -0.05) is 0 Å². The molecule has 6 nitrogen and oxygen atoms in total. The fourth-order valence-corrected chi connectivity index (χ4v) is 3.29. The predicted molar refractivity (Wildman–Crippen MR) is 76.4 cm³/mol. The van der Waals surface area contributed by atoms with E-state index in [4.69, 9.17) is 4.74 Å². The zero-order valence-electron chi connectivity index (χ0n) is 11.5. The molecule has 0 bridgehead atoms. The number of carbonyl (C=O) groups is 1. The lowest BCUT2D eigenvalue weighted by Crippen LogP contribution is -2.27. The summed E-state index contributed by atoms with van der Waals surface area (Å²) in [4.78, 5) is 11.6. The van der Waals surface area contributed by atoms with Crippen molar-refractivity contribution in [2.24, 2.45) is 5.92 Å². The third-order valence-electron chi connectivity index (χ3n) is 3.67. The summed E-state index contributed by atoms with van der Waals surface area (Å²) in [5, 5.41) is 2.69. The monoisotopic (exact) mass is 310 g/mol. The van der Waals surface area contributed by atoms with E-state index in [0.717, 1.165) is 12.8 Å². The Balaban J connectivity index is 1.63. The van der Waals surface area contributed by atoms with Gasteiger partial charge in [-0.3, -0.25) is 4.79 Å². The van der Waals surface area contributed by atoms with Gasteiger partial charge in [-0.2, -0.15) is 0 Å². The Kier molecular flexibility index (Phi) is 3.86. The van der Waals surface area contributed by atoms with Gasteiger partial charge in [-0.25, -0.2) is 13.1 Å². The number of amides is 1. The summed E-state index contributed by atoms with van der Waals surface area (Å²) >= 11 is 0. The average Bonchev–Trinajstić information content (AvgIpc) is 3.22. The molecule has 1 atom stereocenters. The molecule has 7 heteroatoms. The molecule has 3 rings (SSSR count). The summed E-state index contributed by atoms with van der Waals surface area (Å²) in [5.74, 6) is 0.860. The molecular formula is C14H18N2O4S. The minimum Gasteiger partial charge on any atom is -0.481 e. The Morgan fingerprint density at radius 3 is 2.48 bits per heavy atom. The van der Waals surface area contributed by atoms with Crippen LogP contribution in [-0.4, -0.2) is 33.5 Å². The Hall–Kier alpha value is -1.60. The molecule has 114 valence electrons. The number of benzene rings is 1. The van der Waals surface area contributed by atoms with E-state index in [1.165, 1.54) is 12.1 Å². The third-order valence-corrected chi connectivity index (χ3v) is 5.11. The van der Waals surface area contributed by atoms with Gasteiger partial charge >= 0.3 is 0 Å². The summed E-state index contributed by atoms with van der Waals surface area (Å²) in [6.07, 6.45) is 2.33. The van der Waals surface area contributed by atoms with Gasteiger partial charge in [0.05, 0.1) is 4.90 Å². The number of nitrogens with one attached hydrogen (secondary N) is 2. The van der Waals surface area contributed by atoms with Crippen molar-refractivity contribution in [3.63, 3.8) is 0 Å². The molecule has 1 aromatic carbocycles. The highest BCUT2D eigenvalue weighted by molar-refractivity contribution is 7.89. The first-order valence-electron chi connectivity index (χ1n) is 7.09. The molecule has 1 saturated heterocycles. The van der Waals surface area contributed by atoms with Gasteiger partial charge in [0.2, 0.25) is 10.0 Å². The van der Waals surface area contributed by atoms with Crippen LogP contribution in [0.5, 0.6) is 5.75 Å². The predicted octanol–water partition coefficient (Wildman–Crippen LogP) is 0.642. The second-order valence-corrected chi connectivity index (χ2v) is 7.22. The molecule has 0 aromatic heterocycles. The van der Waals surface area contributed by atoms with E-state index in [1.54, 1.807) is 12.1 Å². The molecule has 1 amide bonds. The molecule has 0 spiro atoms. The Labute approximate surface area is 123 Å². The van der Waals surface area contributed by atoms with Crippen molar-refractivity contribution in [2.45, 2.75) is 30.3 Å². The molecule has 2 N–H and O–H groups in total. The van der Waals surface area contributed by atoms with Crippen LogP contribution in [0.25, 0.3) is 0 Å². The summed E-state index contributed by atoms with van der Waals surface area (Å²) in [5.41, 5.74) is 0. The lowest BCUT2D eigenvalue weighted by molar-refractivity contribution is -0.124. The summed E-state index contributed by atoms with van der Waals surface area (Å²) in [7, 11) is -3.45. The second kappa shape index (κ2) is 5.65. The van der Waals surface area contributed by atoms with Crippen LogP contribution in [0, 0.1) is 5.92 Å². The smallest absolute Gasteiger partial charge is 0.261 e. The quantitative estimate of drug-likeness (QED) is 0.807. The highest BCUT2D eigenvalue weighted by atomic mass is 32.2. The van der Waals surface area contributed by atoms with E-state index in [1.807, 2.05) is 0 Å². The minimum absolute atomic E-state index is 0.127. The van der Waals surface area contributed by atoms with Crippen molar-refractivity contribution >= 4 is 15.9 Å². The van der Waals surface area contributed by atoms with Crippen molar-refractivity contribution < 1.29 is 17.9 Å². The summed E-state index contributed by atoms with van der Waals surface area (Å²) < 4.78 is 32.3. The van der Waals surface area contributed by atoms with Crippen LogP contribution >= 0.6 is 0 Å². The molecule has 21 heavy (non-hydrogen) atoms. The zero-order chi connectivity index (χ0) is 14.9. The van der Waals surface area contributed by atoms with Crippen LogP contribution < -0.4 is 14.8 Å². The van der Waals surface area contributed by atoms with E-state index < -0.39 is 16.1 Å². The SMILES string of the molecule is O=C1NCCC1Oc1ccc(S(=O)(=O)NCC2CC2)cc1. The van der Waals surface area contributed by atoms with Crippen molar-refractivity contribution in [3.05, 3.63) is 24.3 Å². The lowest BCUT2D eigenvalue weighted by atomic mass is 10.3. The van der Waals surface area contributed by atoms with Crippen molar-refractivity contribution in [1.29, 1.82) is 0 Å². The Morgan fingerprint density at radius 1 is 1.19 bits per heavy atom. The van der Waals surface area contributed by atoms with E-state index in [9.17, 15) is 13.2 Å². The van der Waals surface area contributed by atoms with Gasteiger partial charge in [0.1, 0.15) is 5.75 Å². The molecule has 1 aromatic rings. The maximum Gasteiger partial charge on any atom is 0.261 e. The van der Waals surface area contributed by atoms with Gasteiger partial charge in [-0.05, 0) is 43.0 Å². The van der Waals surface area contributed by atoms with E-state index in [-0.39, 0.29) is 10.8 Å². The third kappa shape index (κ3) is 3.54. The van der Waals surface area contributed by atoms with Gasteiger partial charge in [0.25, 0.3) is 5.91 Å². The summed E-state index contributed by atoms with van der Waals surface area (Å²) in [6.45, 7) is 1.11. The van der Waals surface area contributed by atoms with E-state index in [0.29, 0.717) is 31.2 Å². The van der Waals surface area contributed by atoms with E-state index in [2.05, 4.69) is 10.0 Å². The fourth-order valence-electron chi connectivity index (χ4n) is 2.18. The number of ether oxygens (including phenoxy) is 1. The number of carbonyl (C=O) groups excluding carboxylic acids is 1. The van der Waals surface area contributed by atoms with Crippen LogP contribution in [0.15, 0.2) is 29.2 Å². The summed E-state index contributed by atoms with van der Waals surface area (Å²) in [6, 6.07) is 6.16. The number of hydrogen-bond donors (Lipinski definition) is 2. The van der Waals surface area contributed by atoms with Gasteiger partial charge < -0.3 is 10.1 Å². The Morgan fingerprint density at radius 2 is 1.90 bits per heavy atom. The molecule has 2 aliphatic rings. The molecular weight excluding hydrogens is 292 g/mol. The average molecular weight is 310 g/mol. The second-order valence-electron chi connectivity index (χ2n) is 5.45. The first-order chi connectivity index (χ1) is 10.0. The Bertz CT molecular complexity index is 623.